The number of rotatable bonds is 12. The molecule has 40 heavy (non-hydrogen) atoms. The number of hydrogen-bond donors (Lipinski definition) is 0. The summed E-state index contributed by atoms with van der Waals surface area (Å²) in [6, 6.07) is 13.9. The van der Waals surface area contributed by atoms with E-state index in [-0.39, 0.29) is 0 Å². The largest absolute Gasteiger partial charge is 0.496 e. The molecule has 2 heterocycles. The van der Waals surface area contributed by atoms with Gasteiger partial charge in [0.15, 0.2) is 5.65 Å². The van der Waals surface area contributed by atoms with Gasteiger partial charge < -0.3 is 18.8 Å². The van der Waals surface area contributed by atoms with Crippen LogP contribution in [0, 0.1) is 13.8 Å². The Morgan fingerprint density at radius 2 is 1.62 bits per heavy atom. The van der Waals surface area contributed by atoms with Crippen LogP contribution in [0.2, 0.25) is 0 Å². The second-order valence-corrected chi connectivity index (χ2v) is 10.2. The maximum Gasteiger partial charge on any atom is 0.351 e. The number of fused-ring (bicyclic) bond motifs is 1. The molecule has 1 atom stereocenters. The zero-order valence-electron chi connectivity index (χ0n) is 24.8. The average Bonchev–Trinajstić information content (AvgIpc) is 3.30. The Morgan fingerprint density at radius 3 is 2.23 bits per heavy atom. The Labute approximate surface area is 237 Å². The minimum Gasteiger partial charge on any atom is -0.496 e. The highest BCUT2D eigenvalue weighted by Gasteiger charge is 2.29. The molecular formula is C33H41N3O4. The third-order valence-corrected chi connectivity index (χ3v) is 7.17. The normalized spacial score (nSPS) is 12.0. The van der Waals surface area contributed by atoms with Crippen molar-refractivity contribution < 1.29 is 19.0 Å². The molecule has 4 aromatic rings. The predicted molar refractivity (Wildman–Crippen MR) is 158 cm³/mol. The van der Waals surface area contributed by atoms with Gasteiger partial charge >= 0.3 is 5.97 Å². The lowest BCUT2D eigenvalue weighted by atomic mass is 9.97. The first-order valence-corrected chi connectivity index (χ1v) is 14.2. The number of nitrogens with zero attached hydrogens (tertiary/aromatic N) is 3. The van der Waals surface area contributed by atoms with Crippen LogP contribution < -0.4 is 9.47 Å². The van der Waals surface area contributed by atoms with Gasteiger partial charge in [0.05, 0.1) is 20.8 Å². The van der Waals surface area contributed by atoms with Gasteiger partial charge in [-0.25, -0.2) is 14.8 Å². The Bertz CT molecular complexity index is 1460. The molecule has 0 radical (unpaired) electrons. The third-order valence-electron chi connectivity index (χ3n) is 7.17. The molecule has 0 bridgehead atoms. The van der Waals surface area contributed by atoms with Crippen molar-refractivity contribution in [3.8, 4) is 11.5 Å². The Kier molecular flexibility index (Phi) is 9.46. The van der Waals surface area contributed by atoms with E-state index in [0.29, 0.717) is 17.9 Å². The van der Waals surface area contributed by atoms with Crippen LogP contribution in [0.25, 0.3) is 11.2 Å². The van der Waals surface area contributed by atoms with E-state index >= 15 is 0 Å². The molecule has 0 aliphatic rings. The van der Waals surface area contributed by atoms with E-state index in [4.69, 9.17) is 24.2 Å². The number of aromatic nitrogens is 3. The molecule has 0 fully saturated rings. The van der Waals surface area contributed by atoms with Crippen LogP contribution in [0.15, 0.2) is 42.5 Å². The molecule has 212 valence electrons. The smallest absolute Gasteiger partial charge is 0.351 e. The van der Waals surface area contributed by atoms with Crippen molar-refractivity contribution in [1.29, 1.82) is 0 Å². The molecule has 7 heteroatoms. The van der Waals surface area contributed by atoms with E-state index in [1.54, 1.807) is 7.11 Å². The quantitative estimate of drug-likeness (QED) is 0.182. The van der Waals surface area contributed by atoms with Crippen molar-refractivity contribution in [1.82, 2.24) is 14.5 Å². The number of ether oxygens (including phenoxy) is 3. The number of hydrogen-bond acceptors (Lipinski definition) is 6. The lowest BCUT2D eigenvalue weighted by Gasteiger charge is -2.24. The summed E-state index contributed by atoms with van der Waals surface area (Å²) < 4.78 is 19.6. The number of para-hydroxylation sites is 1. The monoisotopic (exact) mass is 543 g/mol. The molecule has 4 rings (SSSR count). The molecule has 0 saturated heterocycles. The van der Waals surface area contributed by atoms with Gasteiger partial charge in [0.2, 0.25) is 6.10 Å². The minimum atomic E-state index is -0.947. The number of carbonyl (C=O) groups is 1. The first-order chi connectivity index (χ1) is 19.3. The number of methoxy groups -OCH3 is 2. The summed E-state index contributed by atoms with van der Waals surface area (Å²) in [5.41, 5.74) is 7.98. The van der Waals surface area contributed by atoms with Gasteiger partial charge in [0.25, 0.3) is 0 Å². The Hall–Kier alpha value is -3.87. The number of carbonyl (C=O) groups excluding carboxylic acids is 1. The topological polar surface area (TPSA) is 75.5 Å². The van der Waals surface area contributed by atoms with Gasteiger partial charge in [-0.15, -0.1) is 0 Å². The van der Waals surface area contributed by atoms with E-state index in [2.05, 4.69) is 50.5 Å². The number of imidazole rings is 1. The summed E-state index contributed by atoms with van der Waals surface area (Å²) in [6.45, 7) is 11.2. The van der Waals surface area contributed by atoms with E-state index in [1.165, 1.54) is 12.7 Å². The van der Waals surface area contributed by atoms with Crippen LogP contribution in [0.5, 0.6) is 11.5 Å². The summed E-state index contributed by atoms with van der Waals surface area (Å²) in [6.07, 6.45) is 3.40. The van der Waals surface area contributed by atoms with Crippen molar-refractivity contribution in [2.24, 2.45) is 0 Å². The highest BCUT2D eigenvalue weighted by molar-refractivity contribution is 5.78. The van der Waals surface area contributed by atoms with Crippen molar-refractivity contribution in [2.45, 2.75) is 79.4 Å². The van der Waals surface area contributed by atoms with Crippen molar-refractivity contribution in [3.63, 3.8) is 0 Å². The summed E-state index contributed by atoms with van der Waals surface area (Å²) in [5, 5.41) is 0. The molecule has 0 spiro atoms. The van der Waals surface area contributed by atoms with Gasteiger partial charge in [-0.05, 0) is 61.1 Å². The fraction of sp³-hybridized carbons (Fsp3) is 0.424. The van der Waals surface area contributed by atoms with E-state index < -0.39 is 12.1 Å². The van der Waals surface area contributed by atoms with E-state index in [1.807, 2.05) is 31.2 Å². The minimum absolute atomic E-state index is 0.465. The van der Waals surface area contributed by atoms with E-state index in [0.717, 1.165) is 77.2 Å². The number of benzene rings is 2. The lowest BCUT2D eigenvalue weighted by Crippen LogP contribution is -2.22. The maximum absolute atomic E-state index is 13.0. The lowest BCUT2D eigenvalue weighted by molar-refractivity contribution is -0.149. The molecule has 7 nitrogen and oxygen atoms in total. The van der Waals surface area contributed by atoms with Crippen LogP contribution in [-0.4, -0.2) is 34.7 Å². The van der Waals surface area contributed by atoms with Gasteiger partial charge in [-0.2, -0.15) is 0 Å². The van der Waals surface area contributed by atoms with Crippen LogP contribution in [-0.2, 0) is 35.3 Å². The van der Waals surface area contributed by atoms with Crippen LogP contribution in [0.4, 0.5) is 0 Å². The van der Waals surface area contributed by atoms with Gasteiger partial charge in [0, 0.05) is 17.7 Å². The van der Waals surface area contributed by atoms with Crippen LogP contribution in [0.3, 0.4) is 0 Å². The first-order valence-electron chi connectivity index (χ1n) is 14.2. The second-order valence-electron chi connectivity index (χ2n) is 10.2. The van der Waals surface area contributed by atoms with Gasteiger partial charge in [-0.1, -0.05) is 63.9 Å². The molecule has 0 saturated carbocycles. The van der Waals surface area contributed by atoms with E-state index in [9.17, 15) is 4.79 Å². The number of esters is 1. The molecule has 0 aliphatic carbocycles. The SMILES string of the molecule is CCCc1cc(Cn2c(CC)nc3c(C)cc(C)nc32)cc(CCC)c1OC(C(=O)OC)c1ccccc1OC. The summed E-state index contributed by atoms with van der Waals surface area (Å²) in [5.74, 6) is 1.89. The second kappa shape index (κ2) is 13.0. The third kappa shape index (κ3) is 5.98. The van der Waals surface area contributed by atoms with Gasteiger partial charge in [-0.3, -0.25) is 0 Å². The molecular weight excluding hydrogens is 502 g/mol. The molecule has 1 unspecified atom stereocenters. The Morgan fingerprint density at radius 1 is 0.950 bits per heavy atom. The summed E-state index contributed by atoms with van der Waals surface area (Å²) in [7, 11) is 2.98. The highest BCUT2D eigenvalue weighted by atomic mass is 16.6. The molecule has 0 N–H and O–H groups in total. The summed E-state index contributed by atoms with van der Waals surface area (Å²) >= 11 is 0. The molecule has 2 aromatic carbocycles. The maximum atomic E-state index is 13.0. The number of pyridine rings is 1. The van der Waals surface area contributed by atoms with Crippen molar-refractivity contribution in [3.05, 3.63) is 81.8 Å². The average molecular weight is 544 g/mol. The first kappa shape index (κ1) is 29.1. The van der Waals surface area contributed by atoms with Gasteiger partial charge in [0.1, 0.15) is 22.8 Å². The zero-order valence-corrected chi connectivity index (χ0v) is 24.8. The standard InChI is InChI=1S/C33H41N3O4/c1-8-13-24-18-23(20-36-28(10-3)35-29-21(4)17-22(5)34-32(29)36)19-25(14-9-2)30(24)40-31(33(37)39-7)26-15-11-12-16-27(26)38-6/h11-12,15-19,31H,8-10,13-14,20H2,1-7H3. The van der Waals surface area contributed by atoms with Crippen molar-refractivity contribution >= 4 is 17.1 Å². The van der Waals surface area contributed by atoms with Crippen LogP contribution in [0.1, 0.15) is 79.1 Å². The fourth-order valence-corrected chi connectivity index (χ4v) is 5.39. The zero-order chi connectivity index (χ0) is 28.8. The summed E-state index contributed by atoms with van der Waals surface area (Å²) in [4.78, 5) is 22.8. The molecule has 0 aliphatic heterocycles. The molecule has 2 aromatic heterocycles. The highest BCUT2D eigenvalue weighted by Crippen LogP contribution is 2.36. The number of aryl methyl sites for hydroxylation is 5. The molecule has 0 amide bonds. The Balaban J connectivity index is 1.83. The fourth-order valence-electron chi connectivity index (χ4n) is 5.39. The van der Waals surface area contributed by atoms with Crippen molar-refractivity contribution in [2.75, 3.05) is 14.2 Å². The predicted octanol–water partition coefficient (Wildman–Crippen LogP) is 6.87. The van der Waals surface area contributed by atoms with Crippen LogP contribution >= 0.6 is 0 Å².